The molecule has 0 aliphatic carbocycles. The van der Waals surface area contributed by atoms with Gasteiger partial charge in [-0.05, 0) is 36.8 Å². The summed E-state index contributed by atoms with van der Waals surface area (Å²) >= 11 is 0. The van der Waals surface area contributed by atoms with Crippen molar-refractivity contribution in [1.29, 1.82) is 0 Å². The van der Waals surface area contributed by atoms with Crippen LogP contribution in [0.5, 0.6) is 0 Å². The number of unbranched alkanes of at least 4 members (excludes halogenated alkanes) is 1. The minimum absolute atomic E-state index is 0.0147. The minimum Gasteiger partial charge on any atom is -0.481 e. The summed E-state index contributed by atoms with van der Waals surface area (Å²) in [5.74, 6) is -8.91. The lowest BCUT2D eigenvalue weighted by Gasteiger charge is -2.28. The fourth-order valence-corrected chi connectivity index (χ4v) is 4.27. The Morgan fingerprint density at radius 1 is 0.767 bits per heavy atom. The van der Waals surface area contributed by atoms with Crippen LogP contribution in [0.2, 0.25) is 0 Å². The second-order valence-corrected chi connectivity index (χ2v) is 9.88. The number of carboxylic acid groups (broad SMARTS) is 3. The van der Waals surface area contributed by atoms with Gasteiger partial charge in [-0.1, -0.05) is 74.0 Å². The number of carbonyl (C=O) groups is 6. The Bertz CT molecular complexity index is 1240. The number of hydrogen-bond acceptors (Lipinski definition) is 7. The van der Waals surface area contributed by atoms with Gasteiger partial charge in [0, 0.05) is 0 Å². The monoisotopic (exact) mass is 599 g/mol. The third-order valence-corrected chi connectivity index (χ3v) is 6.55. The van der Waals surface area contributed by atoms with Crippen molar-refractivity contribution in [2.45, 2.75) is 51.1 Å². The van der Waals surface area contributed by atoms with Crippen LogP contribution in [-0.4, -0.2) is 76.4 Å². The third-order valence-electron chi connectivity index (χ3n) is 6.55. The predicted molar refractivity (Wildman–Crippen MR) is 153 cm³/mol. The molecule has 0 heterocycles. The largest absolute Gasteiger partial charge is 0.481 e. The second-order valence-electron chi connectivity index (χ2n) is 9.88. The van der Waals surface area contributed by atoms with Gasteiger partial charge >= 0.3 is 24.0 Å². The van der Waals surface area contributed by atoms with Crippen molar-refractivity contribution in [1.82, 2.24) is 16.0 Å². The molecule has 0 spiro atoms. The lowest BCUT2D eigenvalue weighted by Crippen LogP contribution is -2.58. The third kappa shape index (κ3) is 12.2. The number of benzene rings is 2. The van der Waals surface area contributed by atoms with Gasteiger partial charge in [0.2, 0.25) is 11.8 Å². The Balaban J connectivity index is 2.39. The lowest BCUT2D eigenvalue weighted by molar-refractivity contribution is -0.146. The summed E-state index contributed by atoms with van der Waals surface area (Å²) < 4.78 is 5.09. The molecular formula is C30H37N3O10. The van der Waals surface area contributed by atoms with Crippen LogP contribution in [-0.2, 0) is 41.6 Å². The van der Waals surface area contributed by atoms with Crippen molar-refractivity contribution in [3.8, 4) is 0 Å². The summed E-state index contributed by atoms with van der Waals surface area (Å²) in [6.07, 6.45) is -0.338. The van der Waals surface area contributed by atoms with Crippen molar-refractivity contribution in [3.63, 3.8) is 0 Å². The molecule has 0 radical (unpaired) electrons. The first-order valence-corrected chi connectivity index (χ1v) is 13.8. The van der Waals surface area contributed by atoms with Gasteiger partial charge in [-0.25, -0.2) is 4.79 Å². The van der Waals surface area contributed by atoms with Gasteiger partial charge in [0.25, 0.3) is 0 Å². The zero-order chi connectivity index (χ0) is 31.8. The Kier molecular flexibility index (Phi) is 14.2. The molecule has 2 unspecified atom stereocenters. The maximum absolute atomic E-state index is 13.6. The van der Waals surface area contributed by atoms with Crippen LogP contribution in [0.1, 0.15) is 37.3 Å². The standard InChI is InChI=1S/C30H37N3O10/c1-2-3-14-43-30(42)32-23(17-21(28(38)39)15-19-10-6-4-7-11-19)26(36)33-25(27(37)31-18-24(34)35)22(29(40)41)16-20-12-8-5-9-13-20/h4-13,21-23,25H,2-3,14-18H2,1H3,(H,31,37)(H,32,42)(H,33,36)(H,34,35)(H,38,39)(H,40,41)/t21?,22?,23-,25-/m0/s1. The molecule has 13 heteroatoms. The molecule has 13 nitrogen and oxygen atoms in total. The molecule has 0 bridgehead atoms. The van der Waals surface area contributed by atoms with Gasteiger partial charge in [-0.3, -0.25) is 24.0 Å². The summed E-state index contributed by atoms with van der Waals surface area (Å²) in [6.45, 7) is 1.08. The fraction of sp³-hybridized carbons (Fsp3) is 0.400. The van der Waals surface area contributed by atoms with Gasteiger partial charge in [-0.15, -0.1) is 0 Å². The number of nitrogens with one attached hydrogen (secondary N) is 3. The van der Waals surface area contributed by atoms with E-state index in [9.17, 15) is 39.0 Å². The molecule has 43 heavy (non-hydrogen) atoms. The second kappa shape index (κ2) is 17.8. The van der Waals surface area contributed by atoms with E-state index in [1.807, 2.05) is 6.92 Å². The highest BCUT2D eigenvalue weighted by molar-refractivity contribution is 5.95. The summed E-state index contributed by atoms with van der Waals surface area (Å²) in [5.41, 5.74) is 1.20. The molecule has 0 aliphatic heterocycles. The van der Waals surface area contributed by atoms with Gasteiger partial charge in [-0.2, -0.15) is 0 Å². The maximum Gasteiger partial charge on any atom is 0.407 e. The van der Waals surface area contributed by atoms with Crippen LogP contribution in [0.15, 0.2) is 60.7 Å². The number of hydrogen-bond donors (Lipinski definition) is 6. The number of rotatable bonds is 18. The Labute approximate surface area is 248 Å². The average molecular weight is 600 g/mol. The minimum atomic E-state index is -1.78. The molecule has 6 N–H and O–H groups in total. The van der Waals surface area contributed by atoms with Crippen LogP contribution in [0, 0.1) is 11.8 Å². The highest BCUT2D eigenvalue weighted by atomic mass is 16.5. The molecule has 232 valence electrons. The Morgan fingerprint density at radius 3 is 1.86 bits per heavy atom. The van der Waals surface area contributed by atoms with E-state index in [1.54, 1.807) is 60.7 Å². The SMILES string of the molecule is CCCCOC(=O)N[C@@H](CC(Cc1ccccc1)C(=O)O)C(=O)N[C@H](C(=O)NCC(=O)O)C(Cc1ccccc1)C(=O)O. The van der Waals surface area contributed by atoms with E-state index >= 15 is 0 Å². The quantitative estimate of drug-likeness (QED) is 0.137. The molecule has 3 amide bonds. The summed E-state index contributed by atoms with van der Waals surface area (Å²) in [6, 6.07) is 13.6. The van der Waals surface area contributed by atoms with Crippen LogP contribution < -0.4 is 16.0 Å². The van der Waals surface area contributed by atoms with Gasteiger partial charge in [0.05, 0.1) is 18.4 Å². The van der Waals surface area contributed by atoms with Crippen molar-refractivity contribution in [2.75, 3.05) is 13.2 Å². The van der Waals surface area contributed by atoms with Crippen molar-refractivity contribution in [3.05, 3.63) is 71.8 Å². The zero-order valence-corrected chi connectivity index (χ0v) is 23.7. The highest BCUT2D eigenvalue weighted by Crippen LogP contribution is 2.18. The normalized spacial score (nSPS) is 13.4. The molecule has 0 aromatic heterocycles. The van der Waals surface area contributed by atoms with Crippen LogP contribution >= 0.6 is 0 Å². The molecule has 2 rings (SSSR count). The van der Waals surface area contributed by atoms with E-state index in [2.05, 4.69) is 16.0 Å². The van der Waals surface area contributed by atoms with Gasteiger partial charge in [0.15, 0.2) is 0 Å². The number of carboxylic acids is 3. The Hall–Kier alpha value is -4.94. The van der Waals surface area contributed by atoms with Crippen LogP contribution in [0.3, 0.4) is 0 Å². The molecule has 0 aliphatic rings. The van der Waals surface area contributed by atoms with Crippen molar-refractivity contribution in [2.24, 2.45) is 11.8 Å². The highest BCUT2D eigenvalue weighted by Gasteiger charge is 2.38. The first-order valence-electron chi connectivity index (χ1n) is 13.8. The summed E-state index contributed by atoms with van der Waals surface area (Å²) in [7, 11) is 0. The lowest BCUT2D eigenvalue weighted by atomic mass is 9.90. The molecule has 0 fully saturated rings. The van der Waals surface area contributed by atoms with Crippen molar-refractivity contribution < 1.29 is 48.8 Å². The predicted octanol–water partition coefficient (Wildman–Crippen LogP) is 1.84. The molecule has 0 saturated heterocycles. The smallest absolute Gasteiger partial charge is 0.407 e. The summed E-state index contributed by atoms with van der Waals surface area (Å²) in [4.78, 5) is 74.7. The van der Waals surface area contributed by atoms with E-state index in [4.69, 9.17) is 9.84 Å². The number of alkyl carbamates (subject to hydrolysis) is 1. The van der Waals surface area contributed by atoms with Gasteiger partial charge in [0.1, 0.15) is 18.6 Å². The molecule has 2 aromatic rings. The number of amides is 3. The summed E-state index contributed by atoms with van der Waals surface area (Å²) in [5, 5.41) is 35.7. The molecule has 2 aromatic carbocycles. The number of ether oxygens (including phenoxy) is 1. The number of carbonyl (C=O) groups excluding carboxylic acids is 3. The van der Waals surface area contributed by atoms with E-state index in [-0.39, 0.29) is 19.4 Å². The average Bonchev–Trinajstić information content (AvgIpc) is 2.97. The van der Waals surface area contributed by atoms with E-state index in [1.165, 1.54) is 0 Å². The first kappa shape index (κ1) is 34.3. The van der Waals surface area contributed by atoms with Crippen molar-refractivity contribution >= 4 is 35.8 Å². The maximum atomic E-state index is 13.6. The Morgan fingerprint density at radius 2 is 1.35 bits per heavy atom. The van der Waals surface area contributed by atoms with E-state index < -0.39 is 72.7 Å². The zero-order valence-electron chi connectivity index (χ0n) is 23.7. The molecule has 4 atom stereocenters. The number of aliphatic carboxylic acids is 3. The fourth-order valence-electron chi connectivity index (χ4n) is 4.27. The van der Waals surface area contributed by atoms with Gasteiger partial charge < -0.3 is 36.0 Å². The van der Waals surface area contributed by atoms with E-state index in [0.717, 1.165) is 6.42 Å². The van der Waals surface area contributed by atoms with Crippen LogP contribution in [0.4, 0.5) is 4.79 Å². The first-order chi connectivity index (χ1) is 20.5. The molecule has 0 saturated carbocycles. The van der Waals surface area contributed by atoms with Crippen LogP contribution in [0.25, 0.3) is 0 Å². The topological polar surface area (TPSA) is 208 Å². The molecular weight excluding hydrogens is 562 g/mol. The van der Waals surface area contributed by atoms with E-state index in [0.29, 0.717) is 17.5 Å².